The monoisotopic (exact) mass is 366 g/mol. The van der Waals surface area contributed by atoms with Gasteiger partial charge in [-0.05, 0) is 31.0 Å². The molecule has 0 radical (unpaired) electrons. The zero-order valence-electron chi connectivity index (χ0n) is 15.8. The van der Waals surface area contributed by atoms with Crippen LogP contribution >= 0.6 is 0 Å². The normalized spacial score (nSPS) is 29.3. The fraction of sp³-hybridized carbons (Fsp3) is 0.231. The average Bonchev–Trinajstić information content (AvgIpc) is 2.74. The van der Waals surface area contributed by atoms with Crippen molar-refractivity contribution in [1.29, 1.82) is 0 Å². The predicted molar refractivity (Wildman–Crippen MR) is 110 cm³/mol. The van der Waals surface area contributed by atoms with Crippen molar-refractivity contribution in [1.82, 2.24) is 0 Å². The maximum absolute atomic E-state index is 6.79. The van der Waals surface area contributed by atoms with E-state index in [0.717, 1.165) is 23.5 Å². The molecule has 4 unspecified atom stereocenters. The van der Waals surface area contributed by atoms with E-state index < -0.39 is 5.79 Å². The van der Waals surface area contributed by atoms with E-state index in [9.17, 15) is 0 Å². The summed E-state index contributed by atoms with van der Waals surface area (Å²) in [5.74, 6) is 1.91. The molecule has 0 saturated heterocycles. The molecule has 2 nitrogen and oxygen atoms in total. The molecule has 0 bridgehead atoms. The van der Waals surface area contributed by atoms with Crippen molar-refractivity contribution in [3.05, 3.63) is 107 Å². The topological polar surface area (TPSA) is 18.5 Å². The van der Waals surface area contributed by atoms with Gasteiger partial charge in [-0.1, -0.05) is 78.4 Å². The summed E-state index contributed by atoms with van der Waals surface area (Å²) in [5, 5.41) is 0. The summed E-state index contributed by atoms with van der Waals surface area (Å²) in [5.41, 5.74) is 5.11. The molecule has 2 heterocycles. The zero-order valence-corrected chi connectivity index (χ0v) is 15.8. The highest BCUT2D eigenvalue weighted by Gasteiger charge is 2.59. The van der Waals surface area contributed by atoms with Gasteiger partial charge in [0, 0.05) is 23.0 Å². The van der Waals surface area contributed by atoms with E-state index in [-0.39, 0.29) is 11.8 Å². The van der Waals surface area contributed by atoms with Crippen molar-refractivity contribution in [2.24, 2.45) is 5.92 Å². The molecule has 4 atom stereocenters. The Morgan fingerprint density at radius 3 is 2.11 bits per heavy atom. The molecule has 0 fully saturated rings. The lowest BCUT2D eigenvalue weighted by Crippen LogP contribution is -2.56. The highest BCUT2D eigenvalue weighted by Crippen LogP contribution is 2.62. The second-order valence-corrected chi connectivity index (χ2v) is 8.19. The van der Waals surface area contributed by atoms with Crippen molar-refractivity contribution in [3.8, 4) is 11.5 Å². The van der Waals surface area contributed by atoms with Gasteiger partial charge in [-0.2, -0.15) is 0 Å². The summed E-state index contributed by atoms with van der Waals surface area (Å²) in [7, 11) is 0. The van der Waals surface area contributed by atoms with Crippen molar-refractivity contribution < 1.29 is 9.47 Å². The lowest BCUT2D eigenvalue weighted by Gasteiger charge is -2.55. The highest BCUT2D eigenvalue weighted by molar-refractivity contribution is 5.51. The third kappa shape index (κ3) is 2.09. The number of rotatable bonds is 1. The van der Waals surface area contributed by atoms with Crippen LogP contribution in [0.2, 0.25) is 0 Å². The van der Waals surface area contributed by atoms with E-state index >= 15 is 0 Å². The van der Waals surface area contributed by atoms with Crippen molar-refractivity contribution >= 4 is 0 Å². The van der Waals surface area contributed by atoms with Crippen LogP contribution < -0.4 is 9.47 Å². The Hall–Kier alpha value is -3.00. The van der Waals surface area contributed by atoms with E-state index in [0.29, 0.717) is 5.92 Å². The Morgan fingerprint density at radius 1 is 0.750 bits per heavy atom. The summed E-state index contributed by atoms with van der Waals surface area (Å²) >= 11 is 0. The second kappa shape index (κ2) is 5.75. The number of ether oxygens (including phenoxy) is 2. The average molecular weight is 366 g/mol. The highest BCUT2D eigenvalue weighted by atomic mass is 16.7. The van der Waals surface area contributed by atoms with Crippen LogP contribution in [0.1, 0.15) is 41.9 Å². The lowest BCUT2D eigenvalue weighted by atomic mass is 9.61. The number of benzene rings is 3. The number of fused-ring (bicyclic) bond motifs is 4. The third-order valence-corrected chi connectivity index (χ3v) is 6.56. The van der Waals surface area contributed by atoms with Crippen molar-refractivity contribution in [3.63, 3.8) is 0 Å². The van der Waals surface area contributed by atoms with Gasteiger partial charge in [-0.15, -0.1) is 0 Å². The first-order valence-corrected chi connectivity index (χ1v) is 10.0. The molecule has 0 spiro atoms. The van der Waals surface area contributed by atoms with Crippen LogP contribution in [-0.4, -0.2) is 0 Å². The Morgan fingerprint density at radius 2 is 1.36 bits per heavy atom. The van der Waals surface area contributed by atoms with Gasteiger partial charge >= 0.3 is 0 Å². The predicted octanol–water partition coefficient (Wildman–Crippen LogP) is 6.16. The van der Waals surface area contributed by atoms with Gasteiger partial charge in [0.2, 0.25) is 0 Å². The molecule has 28 heavy (non-hydrogen) atoms. The minimum absolute atomic E-state index is 0.198. The summed E-state index contributed by atoms with van der Waals surface area (Å²) < 4.78 is 13.6. The molecule has 3 aliphatic rings. The first kappa shape index (κ1) is 16.0. The van der Waals surface area contributed by atoms with Gasteiger partial charge in [-0.3, -0.25) is 0 Å². The summed E-state index contributed by atoms with van der Waals surface area (Å²) in [4.78, 5) is 0. The fourth-order valence-electron chi connectivity index (χ4n) is 5.48. The van der Waals surface area contributed by atoms with Crippen molar-refractivity contribution in [2.45, 2.75) is 31.0 Å². The molecule has 3 aromatic carbocycles. The standard InChI is InChI=1S/C26H22O2/c1-17-15-21-19-11-5-7-13-23(19)27-26(18-9-3-2-4-10-18)25(21)22(16-17)20-12-6-8-14-24(20)28-26/h2-15,21-22,25H,16H2,1H3. The number of allylic oxidation sites excluding steroid dienone is 2. The number of para-hydroxylation sites is 2. The Labute approximate surface area is 165 Å². The minimum atomic E-state index is -0.809. The second-order valence-electron chi connectivity index (χ2n) is 8.19. The molecular weight excluding hydrogens is 344 g/mol. The third-order valence-electron chi connectivity index (χ3n) is 6.56. The molecule has 1 aliphatic carbocycles. The molecule has 3 aromatic rings. The smallest absolute Gasteiger partial charge is 0.282 e. The first-order chi connectivity index (χ1) is 13.8. The van der Waals surface area contributed by atoms with Crippen molar-refractivity contribution in [2.75, 3.05) is 0 Å². The molecular formula is C26H22O2. The van der Waals surface area contributed by atoms with E-state index in [1.54, 1.807) is 0 Å². The summed E-state index contributed by atoms with van der Waals surface area (Å²) in [6.07, 6.45) is 3.49. The molecule has 0 saturated carbocycles. The fourth-order valence-corrected chi connectivity index (χ4v) is 5.48. The van der Waals surface area contributed by atoms with E-state index in [1.165, 1.54) is 16.7 Å². The summed E-state index contributed by atoms with van der Waals surface area (Å²) in [6.45, 7) is 2.26. The van der Waals surface area contributed by atoms with Gasteiger partial charge < -0.3 is 9.47 Å². The zero-order chi connectivity index (χ0) is 18.7. The summed E-state index contributed by atoms with van der Waals surface area (Å²) in [6, 6.07) is 27.4. The number of hydrogen-bond acceptors (Lipinski definition) is 2. The van der Waals surface area contributed by atoms with Crippen LogP contribution in [0.5, 0.6) is 11.5 Å². The van der Waals surface area contributed by atoms with Gasteiger partial charge in [0.1, 0.15) is 11.5 Å². The molecule has 0 aromatic heterocycles. The number of hydrogen-bond donors (Lipinski definition) is 0. The van der Waals surface area contributed by atoms with Gasteiger partial charge in [-0.25, -0.2) is 0 Å². The molecule has 0 N–H and O–H groups in total. The van der Waals surface area contributed by atoms with Gasteiger partial charge in [0.25, 0.3) is 5.79 Å². The van der Waals surface area contributed by atoms with Crippen LogP contribution in [-0.2, 0) is 5.79 Å². The lowest BCUT2D eigenvalue weighted by molar-refractivity contribution is -0.197. The van der Waals surface area contributed by atoms with Crippen LogP contribution in [0, 0.1) is 5.92 Å². The van der Waals surface area contributed by atoms with Crippen LogP contribution in [0.4, 0.5) is 0 Å². The minimum Gasteiger partial charge on any atom is -0.448 e. The van der Waals surface area contributed by atoms with Crippen LogP contribution in [0.15, 0.2) is 90.5 Å². The van der Waals surface area contributed by atoms with Gasteiger partial charge in [0.05, 0.1) is 5.92 Å². The SMILES string of the molecule is CC1=CC2c3ccccc3OC3(c4ccccc4)Oc4ccccc4C(C1)C23. The van der Waals surface area contributed by atoms with E-state index in [2.05, 4.69) is 79.7 Å². The van der Waals surface area contributed by atoms with Gasteiger partial charge in [0.15, 0.2) is 0 Å². The molecule has 2 aliphatic heterocycles. The van der Waals surface area contributed by atoms with Crippen LogP contribution in [0.25, 0.3) is 0 Å². The molecule has 6 rings (SSSR count). The Balaban J connectivity index is 1.67. The van der Waals surface area contributed by atoms with Crippen LogP contribution in [0.3, 0.4) is 0 Å². The quantitative estimate of drug-likeness (QED) is 0.480. The maximum atomic E-state index is 6.79. The largest absolute Gasteiger partial charge is 0.448 e. The molecule has 2 heteroatoms. The first-order valence-electron chi connectivity index (χ1n) is 10.0. The van der Waals surface area contributed by atoms with E-state index in [1.807, 2.05) is 12.1 Å². The maximum Gasteiger partial charge on any atom is 0.282 e. The molecule has 0 amide bonds. The Bertz CT molecular complexity index is 1080. The Kier molecular flexibility index (Phi) is 3.28. The molecule has 138 valence electrons. The van der Waals surface area contributed by atoms with E-state index in [4.69, 9.17) is 9.47 Å².